The number of benzene rings is 1. The molecule has 0 bridgehead atoms. The molecule has 0 radical (unpaired) electrons. The average Bonchev–Trinajstić information content (AvgIpc) is 3.16. The summed E-state index contributed by atoms with van der Waals surface area (Å²) in [5, 5.41) is 15.7. The number of para-hydroxylation sites is 1. The van der Waals surface area contributed by atoms with E-state index in [4.69, 9.17) is 10.00 Å². The zero-order valence-corrected chi connectivity index (χ0v) is 10.5. The number of H-pyrrole nitrogens is 2. The number of hydrogen-bond donors (Lipinski definition) is 2. The highest BCUT2D eigenvalue weighted by Gasteiger charge is 2.12. The molecule has 3 aromatic rings. The normalized spacial score (nSPS) is 10.2. The Hall–Kier alpha value is -3.07. The SMILES string of the molecule is N#Cc1n[nH]cc1-c1ccccc1OCc1c[nH]cn1. The van der Waals surface area contributed by atoms with Crippen molar-refractivity contribution in [3.63, 3.8) is 0 Å². The van der Waals surface area contributed by atoms with Crippen molar-refractivity contribution in [1.82, 2.24) is 20.2 Å². The van der Waals surface area contributed by atoms with Gasteiger partial charge in [-0.3, -0.25) is 5.10 Å². The summed E-state index contributed by atoms with van der Waals surface area (Å²) >= 11 is 0. The van der Waals surface area contributed by atoms with Gasteiger partial charge in [0.25, 0.3) is 0 Å². The Kier molecular flexibility index (Phi) is 3.17. The average molecular weight is 265 g/mol. The highest BCUT2D eigenvalue weighted by molar-refractivity contribution is 5.73. The fraction of sp³-hybridized carbons (Fsp3) is 0.0714. The van der Waals surface area contributed by atoms with Crippen LogP contribution in [0.4, 0.5) is 0 Å². The minimum Gasteiger partial charge on any atom is -0.487 e. The largest absolute Gasteiger partial charge is 0.487 e. The first-order valence-corrected chi connectivity index (χ1v) is 6.02. The van der Waals surface area contributed by atoms with Crippen LogP contribution in [0, 0.1) is 11.3 Å². The van der Waals surface area contributed by atoms with Crippen LogP contribution in [-0.2, 0) is 6.61 Å². The van der Waals surface area contributed by atoms with Gasteiger partial charge in [0.2, 0.25) is 0 Å². The Morgan fingerprint density at radius 3 is 2.90 bits per heavy atom. The molecule has 98 valence electrons. The number of hydrogen-bond acceptors (Lipinski definition) is 4. The van der Waals surface area contributed by atoms with Gasteiger partial charge in [-0.05, 0) is 6.07 Å². The zero-order chi connectivity index (χ0) is 13.8. The van der Waals surface area contributed by atoms with Crippen molar-refractivity contribution in [2.24, 2.45) is 0 Å². The predicted octanol–water partition coefficient (Wildman–Crippen LogP) is 2.25. The zero-order valence-electron chi connectivity index (χ0n) is 10.5. The van der Waals surface area contributed by atoms with Gasteiger partial charge in [0, 0.05) is 23.5 Å². The molecular formula is C14H11N5O. The number of ether oxygens (including phenoxy) is 1. The second-order valence-corrected chi connectivity index (χ2v) is 4.10. The molecule has 6 nitrogen and oxygen atoms in total. The molecule has 0 saturated heterocycles. The Balaban J connectivity index is 1.91. The second kappa shape index (κ2) is 5.28. The van der Waals surface area contributed by atoms with Crippen molar-refractivity contribution in [3.8, 4) is 22.9 Å². The molecule has 2 heterocycles. The fourth-order valence-corrected chi connectivity index (χ4v) is 1.92. The van der Waals surface area contributed by atoms with Crippen molar-refractivity contribution in [1.29, 1.82) is 5.26 Å². The van der Waals surface area contributed by atoms with Crippen molar-refractivity contribution < 1.29 is 4.74 Å². The molecule has 20 heavy (non-hydrogen) atoms. The lowest BCUT2D eigenvalue weighted by molar-refractivity contribution is 0.303. The van der Waals surface area contributed by atoms with Crippen molar-refractivity contribution in [2.45, 2.75) is 6.61 Å². The number of nitrogens with one attached hydrogen (secondary N) is 2. The van der Waals surface area contributed by atoms with Crippen LogP contribution in [0.2, 0.25) is 0 Å². The molecule has 0 aliphatic rings. The van der Waals surface area contributed by atoms with Gasteiger partial charge in [-0.15, -0.1) is 0 Å². The van der Waals surface area contributed by atoms with E-state index in [-0.39, 0.29) is 0 Å². The quantitative estimate of drug-likeness (QED) is 0.757. The summed E-state index contributed by atoms with van der Waals surface area (Å²) in [6.45, 7) is 0.361. The van der Waals surface area contributed by atoms with Crippen LogP contribution < -0.4 is 4.74 Å². The fourth-order valence-electron chi connectivity index (χ4n) is 1.92. The van der Waals surface area contributed by atoms with Gasteiger partial charge >= 0.3 is 0 Å². The minimum absolute atomic E-state index is 0.348. The molecule has 0 aliphatic carbocycles. The standard InChI is InChI=1S/C14H11N5O/c15-5-13-12(7-18-19-13)11-3-1-2-4-14(11)20-8-10-6-16-9-17-10/h1-4,6-7,9H,8H2,(H,16,17)(H,18,19). The van der Waals surface area contributed by atoms with E-state index in [0.717, 1.165) is 16.8 Å². The minimum atomic E-state index is 0.348. The predicted molar refractivity (Wildman–Crippen MR) is 71.7 cm³/mol. The number of nitrogens with zero attached hydrogens (tertiary/aromatic N) is 3. The smallest absolute Gasteiger partial charge is 0.170 e. The first-order chi connectivity index (χ1) is 9.88. The third-order valence-electron chi connectivity index (χ3n) is 2.85. The maximum Gasteiger partial charge on any atom is 0.170 e. The molecule has 0 saturated carbocycles. The van der Waals surface area contributed by atoms with E-state index in [1.165, 1.54) is 0 Å². The van der Waals surface area contributed by atoms with Crippen LogP contribution in [0.25, 0.3) is 11.1 Å². The van der Waals surface area contributed by atoms with E-state index in [1.807, 2.05) is 24.3 Å². The maximum atomic E-state index is 9.05. The van der Waals surface area contributed by atoms with Crippen LogP contribution in [0.1, 0.15) is 11.4 Å². The summed E-state index contributed by atoms with van der Waals surface area (Å²) in [5.74, 6) is 0.688. The van der Waals surface area contributed by atoms with Gasteiger partial charge < -0.3 is 9.72 Å². The van der Waals surface area contributed by atoms with E-state index in [9.17, 15) is 0 Å². The molecule has 0 unspecified atom stereocenters. The first-order valence-electron chi connectivity index (χ1n) is 6.02. The van der Waals surface area contributed by atoms with Gasteiger partial charge in [0.15, 0.2) is 5.69 Å². The molecule has 2 aromatic heterocycles. The van der Waals surface area contributed by atoms with E-state index in [1.54, 1.807) is 18.7 Å². The topological polar surface area (TPSA) is 90.4 Å². The van der Waals surface area contributed by atoms with E-state index in [0.29, 0.717) is 18.1 Å². The van der Waals surface area contributed by atoms with Gasteiger partial charge in [0.1, 0.15) is 18.4 Å². The number of aromatic nitrogens is 4. The Morgan fingerprint density at radius 2 is 2.10 bits per heavy atom. The van der Waals surface area contributed by atoms with E-state index >= 15 is 0 Å². The summed E-state index contributed by atoms with van der Waals surface area (Å²) in [6.07, 6.45) is 5.07. The van der Waals surface area contributed by atoms with Gasteiger partial charge in [-0.2, -0.15) is 10.4 Å². The van der Waals surface area contributed by atoms with Crippen molar-refractivity contribution in [2.75, 3.05) is 0 Å². The summed E-state index contributed by atoms with van der Waals surface area (Å²) in [5.41, 5.74) is 2.71. The third-order valence-corrected chi connectivity index (χ3v) is 2.85. The summed E-state index contributed by atoms with van der Waals surface area (Å²) < 4.78 is 5.77. The van der Waals surface area contributed by atoms with Crippen LogP contribution in [0.5, 0.6) is 5.75 Å². The third kappa shape index (κ3) is 2.24. The van der Waals surface area contributed by atoms with Crippen molar-refractivity contribution in [3.05, 3.63) is 54.4 Å². The lowest BCUT2D eigenvalue weighted by Gasteiger charge is -2.09. The van der Waals surface area contributed by atoms with Crippen LogP contribution in [0.15, 0.2) is 43.0 Å². The van der Waals surface area contributed by atoms with E-state index in [2.05, 4.69) is 26.2 Å². The lowest BCUT2D eigenvalue weighted by Crippen LogP contribution is -1.97. The summed E-state index contributed by atoms with van der Waals surface area (Å²) in [4.78, 5) is 6.98. The second-order valence-electron chi connectivity index (χ2n) is 4.10. The number of aromatic amines is 2. The Morgan fingerprint density at radius 1 is 1.20 bits per heavy atom. The molecule has 0 spiro atoms. The number of nitriles is 1. The monoisotopic (exact) mass is 265 g/mol. The van der Waals surface area contributed by atoms with Crippen molar-refractivity contribution >= 4 is 0 Å². The number of imidazole rings is 1. The molecular weight excluding hydrogens is 254 g/mol. The molecule has 0 atom stereocenters. The first kappa shape index (κ1) is 12.0. The molecule has 0 fully saturated rings. The summed E-state index contributed by atoms with van der Waals surface area (Å²) in [7, 11) is 0. The highest BCUT2D eigenvalue weighted by atomic mass is 16.5. The maximum absolute atomic E-state index is 9.05. The Labute approximate surface area is 115 Å². The van der Waals surface area contributed by atoms with Crippen LogP contribution in [-0.4, -0.2) is 20.2 Å². The van der Waals surface area contributed by atoms with Gasteiger partial charge in [-0.1, -0.05) is 18.2 Å². The van der Waals surface area contributed by atoms with Gasteiger partial charge in [0.05, 0.1) is 12.0 Å². The highest BCUT2D eigenvalue weighted by Crippen LogP contribution is 2.31. The van der Waals surface area contributed by atoms with Gasteiger partial charge in [-0.25, -0.2) is 4.98 Å². The lowest BCUT2D eigenvalue weighted by atomic mass is 10.1. The van der Waals surface area contributed by atoms with Crippen LogP contribution >= 0.6 is 0 Å². The number of rotatable bonds is 4. The molecule has 3 rings (SSSR count). The molecule has 2 N–H and O–H groups in total. The van der Waals surface area contributed by atoms with E-state index < -0.39 is 0 Å². The molecule has 0 aliphatic heterocycles. The molecule has 1 aromatic carbocycles. The molecule has 0 amide bonds. The molecule has 6 heteroatoms. The Bertz CT molecular complexity index is 739. The van der Waals surface area contributed by atoms with Crippen LogP contribution in [0.3, 0.4) is 0 Å². The summed E-state index contributed by atoms with van der Waals surface area (Å²) in [6, 6.07) is 9.59.